The van der Waals surface area contributed by atoms with Crippen LogP contribution in [0.2, 0.25) is 0 Å². The van der Waals surface area contributed by atoms with Crippen LogP contribution in [0.4, 0.5) is 0 Å². The van der Waals surface area contributed by atoms with Crippen molar-refractivity contribution in [3.63, 3.8) is 0 Å². The lowest BCUT2D eigenvalue weighted by molar-refractivity contribution is -0.115. The van der Waals surface area contributed by atoms with E-state index >= 15 is 0 Å². The molecule has 0 aromatic heterocycles. The Labute approximate surface area is 74.2 Å². The van der Waals surface area contributed by atoms with Crippen LogP contribution >= 0.6 is 0 Å². The number of nitrogens with two attached hydrogens (primary N) is 1. The van der Waals surface area contributed by atoms with Crippen molar-refractivity contribution in [2.75, 3.05) is 13.1 Å². The molecule has 0 aliphatic carbocycles. The number of hydrogen-bond donors (Lipinski definition) is 1. The molecule has 0 aliphatic heterocycles. The van der Waals surface area contributed by atoms with E-state index in [1.54, 1.807) is 0 Å². The minimum atomic E-state index is -0.408. The maximum absolute atomic E-state index is 10.8. The summed E-state index contributed by atoms with van der Waals surface area (Å²) in [6.07, 6.45) is 0. The van der Waals surface area contributed by atoms with Crippen LogP contribution in [0.25, 0.3) is 0 Å². The Morgan fingerprint density at radius 2 is 1.92 bits per heavy atom. The van der Waals surface area contributed by atoms with Crippen molar-refractivity contribution in [3.05, 3.63) is 12.2 Å². The third kappa shape index (κ3) is 2.66. The van der Waals surface area contributed by atoms with Crippen molar-refractivity contribution in [1.29, 1.82) is 0 Å². The molecule has 2 N–H and O–H groups in total. The van der Waals surface area contributed by atoms with Crippen LogP contribution in [0.15, 0.2) is 12.2 Å². The molecular formula is C9H18N2O. The number of primary amides is 1. The van der Waals surface area contributed by atoms with Crippen molar-refractivity contribution in [1.82, 2.24) is 4.90 Å². The molecule has 0 spiro atoms. The normalized spacial score (nSPS) is 13.0. The molecule has 0 aromatic carbocycles. The van der Waals surface area contributed by atoms with E-state index in [1.807, 2.05) is 20.8 Å². The second-order valence-corrected chi connectivity index (χ2v) is 2.79. The Kier molecular flexibility index (Phi) is 4.59. The number of rotatable bonds is 5. The molecule has 0 radical (unpaired) electrons. The molecule has 0 heterocycles. The Morgan fingerprint density at radius 1 is 1.50 bits per heavy atom. The van der Waals surface area contributed by atoms with Crippen LogP contribution in [-0.4, -0.2) is 29.9 Å². The van der Waals surface area contributed by atoms with Crippen LogP contribution in [0.5, 0.6) is 0 Å². The molecule has 12 heavy (non-hydrogen) atoms. The van der Waals surface area contributed by atoms with E-state index in [2.05, 4.69) is 11.5 Å². The Morgan fingerprint density at radius 3 is 2.17 bits per heavy atom. The van der Waals surface area contributed by atoms with Crippen molar-refractivity contribution < 1.29 is 4.79 Å². The summed E-state index contributed by atoms with van der Waals surface area (Å²) in [5.41, 5.74) is 5.60. The zero-order valence-corrected chi connectivity index (χ0v) is 8.13. The van der Waals surface area contributed by atoms with Gasteiger partial charge in [-0.15, -0.1) is 0 Å². The third-order valence-corrected chi connectivity index (χ3v) is 2.18. The second-order valence-electron chi connectivity index (χ2n) is 2.79. The highest BCUT2D eigenvalue weighted by atomic mass is 16.1. The van der Waals surface area contributed by atoms with Crippen molar-refractivity contribution >= 4 is 5.91 Å². The van der Waals surface area contributed by atoms with Crippen LogP contribution in [0.3, 0.4) is 0 Å². The molecule has 0 saturated heterocycles. The fourth-order valence-electron chi connectivity index (χ4n) is 1.20. The topological polar surface area (TPSA) is 46.3 Å². The van der Waals surface area contributed by atoms with E-state index in [1.165, 1.54) is 0 Å². The maximum atomic E-state index is 10.8. The summed E-state index contributed by atoms with van der Waals surface area (Å²) in [5.74, 6) is -0.408. The van der Waals surface area contributed by atoms with E-state index in [-0.39, 0.29) is 6.04 Å². The molecule has 3 nitrogen and oxygen atoms in total. The first-order chi connectivity index (χ1) is 5.54. The predicted molar refractivity (Wildman–Crippen MR) is 50.7 cm³/mol. The summed E-state index contributed by atoms with van der Waals surface area (Å²) >= 11 is 0. The maximum Gasteiger partial charge on any atom is 0.245 e. The highest BCUT2D eigenvalue weighted by Crippen LogP contribution is 2.06. The average molecular weight is 170 g/mol. The molecule has 0 saturated carbocycles. The Hall–Kier alpha value is -0.830. The molecule has 3 heteroatoms. The number of hydrogen-bond acceptors (Lipinski definition) is 2. The smallest absolute Gasteiger partial charge is 0.245 e. The Bertz CT molecular complexity index is 173. The number of carbonyl (C=O) groups is 1. The van der Waals surface area contributed by atoms with Crippen LogP contribution < -0.4 is 5.73 Å². The summed E-state index contributed by atoms with van der Waals surface area (Å²) in [6, 6.07) is 0.0532. The number of nitrogens with zero attached hydrogens (tertiary/aromatic N) is 1. The number of likely N-dealkylation sites (N-methyl/N-ethyl adjacent to an activating group) is 1. The van der Waals surface area contributed by atoms with Gasteiger partial charge in [-0.3, -0.25) is 9.69 Å². The van der Waals surface area contributed by atoms with Gasteiger partial charge in [0.2, 0.25) is 5.91 Å². The van der Waals surface area contributed by atoms with Gasteiger partial charge < -0.3 is 5.73 Å². The van der Waals surface area contributed by atoms with Gasteiger partial charge in [-0.25, -0.2) is 0 Å². The molecule has 70 valence electrons. The molecular weight excluding hydrogens is 152 g/mol. The monoisotopic (exact) mass is 170 g/mol. The van der Waals surface area contributed by atoms with Gasteiger partial charge in [-0.05, 0) is 20.0 Å². The van der Waals surface area contributed by atoms with Crippen LogP contribution in [0.1, 0.15) is 20.8 Å². The highest BCUT2D eigenvalue weighted by Gasteiger charge is 2.16. The minimum Gasteiger partial charge on any atom is -0.366 e. The van der Waals surface area contributed by atoms with E-state index in [0.717, 1.165) is 13.1 Å². The average Bonchev–Trinajstić information content (AvgIpc) is 2.05. The van der Waals surface area contributed by atoms with Crippen LogP contribution in [0, 0.1) is 0 Å². The lowest BCUT2D eigenvalue weighted by Crippen LogP contribution is -2.37. The van der Waals surface area contributed by atoms with Gasteiger partial charge in [-0.1, -0.05) is 20.4 Å². The molecule has 0 aromatic rings. The first-order valence-electron chi connectivity index (χ1n) is 4.27. The van der Waals surface area contributed by atoms with Crippen molar-refractivity contribution in [2.24, 2.45) is 5.73 Å². The summed E-state index contributed by atoms with van der Waals surface area (Å²) in [7, 11) is 0. The number of amides is 1. The van der Waals surface area contributed by atoms with E-state index in [0.29, 0.717) is 5.57 Å². The zero-order valence-electron chi connectivity index (χ0n) is 8.13. The van der Waals surface area contributed by atoms with Gasteiger partial charge in [-0.2, -0.15) is 0 Å². The molecule has 0 bridgehead atoms. The van der Waals surface area contributed by atoms with E-state index in [9.17, 15) is 4.79 Å². The lowest BCUT2D eigenvalue weighted by atomic mass is 10.1. The third-order valence-electron chi connectivity index (χ3n) is 2.18. The van der Waals surface area contributed by atoms with Crippen LogP contribution in [-0.2, 0) is 4.79 Å². The molecule has 0 rings (SSSR count). The number of carbonyl (C=O) groups excluding carboxylic acids is 1. The van der Waals surface area contributed by atoms with Gasteiger partial charge in [0.25, 0.3) is 0 Å². The zero-order chi connectivity index (χ0) is 9.72. The lowest BCUT2D eigenvalue weighted by Gasteiger charge is -2.26. The van der Waals surface area contributed by atoms with Gasteiger partial charge in [0.15, 0.2) is 0 Å². The Balaban J connectivity index is 4.25. The predicted octanol–water partition coefficient (Wildman–Crippen LogP) is 0.758. The SMILES string of the molecule is C=C(C(N)=O)C(C)N(CC)CC. The first kappa shape index (κ1) is 11.2. The minimum absolute atomic E-state index is 0.0532. The highest BCUT2D eigenvalue weighted by molar-refractivity contribution is 5.92. The second kappa shape index (κ2) is 4.93. The van der Waals surface area contributed by atoms with Gasteiger partial charge in [0.05, 0.1) is 0 Å². The molecule has 1 atom stereocenters. The fourth-order valence-corrected chi connectivity index (χ4v) is 1.20. The van der Waals surface area contributed by atoms with Crippen molar-refractivity contribution in [2.45, 2.75) is 26.8 Å². The van der Waals surface area contributed by atoms with Gasteiger partial charge >= 0.3 is 0 Å². The summed E-state index contributed by atoms with van der Waals surface area (Å²) < 4.78 is 0. The first-order valence-corrected chi connectivity index (χ1v) is 4.27. The summed E-state index contributed by atoms with van der Waals surface area (Å²) in [6.45, 7) is 11.5. The van der Waals surface area contributed by atoms with Gasteiger partial charge in [0, 0.05) is 11.6 Å². The summed E-state index contributed by atoms with van der Waals surface area (Å²) in [4.78, 5) is 12.9. The largest absolute Gasteiger partial charge is 0.366 e. The van der Waals surface area contributed by atoms with Gasteiger partial charge in [0.1, 0.15) is 0 Å². The summed E-state index contributed by atoms with van der Waals surface area (Å²) in [5, 5.41) is 0. The molecule has 1 unspecified atom stereocenters. The molecule has 0 fully saturated rings. The standard InChI is InChI=1S/C9H18N2O/c1-5-11(6-2)8(4)7(3)9(10)12/h8H,3,5-6H2,1-2,4H3,(H2,10,12). The van der Waals surface area contributed by atoms with E-state index < -0.39 is 5.91 Å². The molecule has 0 aliphatic rings. The molecule has 1 amide bonds. The quantitative estimate of drug-likeness (QED) is 0.619. The fraction of sp³-hybridized carbons (Fsp3) is 0.667. The van der Waals surface area contributed by atoms with E-state index in [4.69, 9.17) is 5.73 Å². The van der Waals surface area contributed by atoms with Crippen molar-refractivity contribution in [3.8, 4) is 0 Å².